The number of esters is 2. The Morgan fingerprint density at radius 3 is 1.67 bits per heavy atom. The van der Waals surface area contributed by atoms with E-state index in [0.29, 0.717) is 24.4 Å². The largest absolute Gasteiger partial charge is 0.467 e. The summed E-state index contributed by atoms with van der Waals surface area (Å²) in [7, 11) is 2.92. The molecule has 2 heterocycles. The molecule has 384 valence electrons. The summed E-state index contributed by atoms with van der Waals surface area (Å²) in [6.45, 7) is 10.4. The van der Waals surface area contributed by atoms with E-state index in [9.17, 15) is 33.6 Å². The van der Waals surface area contributed by atoms with E-state index in [1.165, 1.54) is 19.6 Å². The van der Waals surface area contributed by atoms with Gasteiger partial charge in [-0.3, -0.25) is 24.0 Å². The molecular formula is C53H67N9O10. The molecule has 5 rings (SSSR count). The minimum absolute atomic E-state index is 0.0766. The molecule has 0 bridgehead atoms. The second-order valence-corrected chi connectivity index (χ2v) is 19.4. The van der Waals surface area contributed by atoms with Crippen molar-refractivity contribution in [2.75, 3.05) is 7.11 Å². The van der Waals surface area contributed by atoms with Gasteiger partial charge in [0.1, 0.15) is 41.4 Å². The van der Waals surface area contributed by atoms with Crippen molar-refractivity contribution in [1.29, 1.82) is 0 Å². The van der Waals surface area contributed by atoms with E-state index in [-0.39, 0.29) is 25.7 Å². The van der Waals surface area contributed by atoms with Crippen molar-refractivity contribution in [2.24, 2.45) is 7.05 Å². The van der Waals surface area contributed by atoms with Gasteiger partial charge in [-0.15, -0.1) is 0 Å². The third-order valence-electron chi connectivity index (χ3n) is 11.0. The van der Waals surface area contributed by atoms with Gasteiger partial charge in [0.05, 0.1) is 31.9 Å². The van der Waals surface area contributed by atoms with E-state index in [4.69, 9.17) is 14.2 Å². The molecule has 0 aliphatic heterocycles. The number of carbonyl (C=O) groups is 7. The van der Waals surface area contributed by atoms with Crippen molar-refractivity contribution in [3.8, 4) is 0 Å². The van der Waals surface area contributed by atoms with E-state index in [0.717, 1.165) is 16.7 Å². The third kappa shape index (κ3) is 18.5. The zero-order chi connectivity index (χ0) is 52.4. The number of nitrogens with zero attached hydrogens (tertiary/aromatic N) is 4. The van der Waals surface area contributed by atoms with E-state index in [2.05, 4.69) is 36.6 Å². The quantitative estimate of drug-likeness (QED) is 0.0460. The highest BCUT2D eigenvalue weighted by Crippen LogP contribution is 2.15. The highest BCUT2D eigenvalue weighted by Gasteiger charge is 2.36. The lowest BCUT2D eigenvalue weighted by atomic mass is 10.0. The monoisotopic (exact) mass is 990 g/mol. The average molecular weight is 990 g/mol. The van der Waals surface area contributed by atoms with Crippen molar-refractivity contribution >= 4 is 41.7 Å². The Balaban J connectivity index is 1.48. The Hall–Kier alpha value is -7.83. The highest BCUT2D eigenvalue weighted by atomic mass is 16.6. The number of hydrogen-bond acceptors (Lipinski definition) is 12. The number of benzene rings is 3. The van der Waals surface area contributed by atoms with Crippen LogP contribution in [0.3, 0.4) is 0 Å². The fraction of sp³-hybridized carbons (Fsp3) is 0.415. The van der Waals surface area contributed by atoms with Gasteiger partial charge in [-0.2, -0.15) is 0 Å². The summed E-state index contributed by atoms with van der Waals surface area (Å²) in [5.74, 6) is -4.86. The maximum Gasteiger partial charge on any atom is 0.408 e. The molecule has 0 radical (unpaired) electrons. The van der Waals surface area contributed by atoms with Gasteiger partial charge in [0.2, 0.25) is 23.6 Å². The van der Waals surface area contributed by atoms with Crippen molar-refractivity contribution in [3.63, 3.8) is 0 Å². The van der Waals surface area contributed by atoms with E-state index in [1.54, 1.807) is 77.8 Å². The van der Waals surface area contributed by atoms with Crippen molar-refractivity contribution < 1.29 is 47.8 Å². The van der Waals surface area contributed by atoms with E-state index in [1.807, 2.05) is 83.4 Å². The predicted octanol–water partition coefficient (Wildman–Crippen LogP) is 4.06. The second kappa shape index (κ2) is 25.9. The van der Waals surface area contributed by atoms with Crippen molar-refractivity contribution in [3.05, 3.63) is 144 Å². The van der Waals surface area contributed by atoms with Gasteiger partial charge >= 0.3 is 18.0 Å². The van der Waals surface area contributed by atoms with Crippen LogP contribution in [0.4, 0.5) is 4.79 Å². The summed E-state index contributed by atoms with van der Waals surface area (Å²) in [6, 6.07) is 21.1. The Bertz CT molecular complexity index is 2590. The SMILES string of the molecule is COC(=O)[C@H](Cc1ccccc1)NC(=O)[C@H](CCc1ccccc1)NC(=O)[C@H](Cc1cn(Cc2ccccc2)cn1)NC(=O)[C@H](CC(=O)OC(C)(C)C)NC(=O)[C@H](Cc1cncn1C)NC(=O)OC(C)(C)C. The molecule has 19 nitrogen and oxygen atoms in total. The maximum absolute atomic E-state index is 14.8. The molecule has 0 aliphatic rings. The van der Waals surface area contributed by atoms with Crippen LogP contribution in [0.5, 0.6) is 0 Å². The van der Waals surface area contributed by atoms with Gasteiger partial charge in [-0.25, -0.2) is 19.6 Å². The van der Waals surface area contributed by atoms with Gasteiger partial charge in [0.25, 0.3) is 0 Å². The van der Waals surface area contributed by atoms with Crippen LogP contribution < -0.4 is 26.6 Å². The first kappa shape index (κ1) is 55.1. The van der Waals surface area contributed by atoms with E-state index >= 15 is 0 Å². The Morgan fingerprint density at radius 1 is 0.583 bits per heavy atom. The number of aromatic nitrogens is 4. The summed E-state index contributed by atoms with van der Waals surface area (Å²) in [6.07, 6.45) is 4.96. The number of nitrogens with one attached hydrogen (secondary N) is 5. The molecule has 5 amide bonds. The fourth-order valence-electron chi connectivity index (χ4n) is 7.52. The molecule has 0 saturated carbocycles. The number of alkyl carbamates (subject to hydrolysis) is 1. The average Bonchev–Trinajstić information content (AvgIpc) is 3.95. The zero-order valence-corrected chi connectivity index (χ0v) is 42.2. The Labute approximate surface area is 420 Å². The van der Waals surface area contributed by atoms with Crippen LogP contribution in [0, 0.1) is 0 Å². The molecule has 0 fully saturated rings. The highest BCUT2D eigenvalue weighted by molar-refractivity contribution is 5.97. The molecule has 72 heavy (non-hydrogen) atoms. The molecule has 5 atom stereocenters. The number of carbonyl (C=O) groups excluding carboxylic acids is 7. The first-order valence-electron chi connectivity index (χ1n) is 23.7. The zero-order valence-electron chi connectivity index (χ0n) is 42.2. The van der Waals surface area contributed by atoms with Crippen LogP contribution in [-0.2, 0) is 82.3 Å². The van der Waals surface area contributed by atoms with Crippen LogP contribution in [-0.4, -0.2) is 109 Å². The summed E-state index contributed by atoms with van der Waals surface area (Å²) in [4.78, 5) is 106. The van der Waals surface area contributed by atoms with Gasteiger partial charge in [0, 0.05) is 50.9 Å². The van der Waals surface area contributed by atoms with Gasteiger partial charge < -0.3 is 49.9 Å². The van der Waals surface area contributed by atoms with Crippen LogP contribution in [0.15, 0.2) is 116 Å². The topological polar surface area (TPSA) is 243 Å². The van der Waals surface area contributed by atoms with Crippen LogP contribution in [0.25, 0.3) is 0 Å². The van der Waals surface area contributed by atoms with Gasteiger partial charge in [-0.1, -0.05) is 91.0 Å². The number of amides is 5. The van der Waals surface area contributed by atoms with Crippen LogP contribution in [0.2, 0.25) is 0 Å². The number of imidazole rings is 2. The Morgan fingerprint density at radius 2 is 1.10 bits per heavy atom. The molecule has 5 aromatic rings. The maximum atomic E-state index is 14.8. The predicted molar refractivity (Wildman–Crippen MR) is 267 cm³/mol. The Kier molecular flexibility index (Phi) is 19.8. The number of rotatable bonds is 23. The van der Waals surface area contributed by atoms with Crippen LogP contribution in [0.1, 0.15) is 82.5 Å². The van der Waals surface area contributed by atoms with Gasteiger partial charge in [-0.05, 0) is 71.1 Å². The lowest BCUT2D eigenvalue weighted by Crippen LogP contribution is -2.60. The summed E-state index contributed by atoms with van der Waals surface area (Å²) in [5, 5.41) is 13.5. The van der Waals surface area contributed by atoms with Crippen molar-refractivity contribution in [2.45, 2.75) is 128 Å². The second-order valence-electron chi connectivity index (χ2n) is 19.4. The summed E-state index contributed by atoms with van der Waals surface area (Å²) < 4.78 is 19.6. The lowest BCUT2D eigenvalue weighted by molar-refractivity contribution is -0.156. The summed E-state index contributed by atoms with van der Waals surface area (Å²) in [5.41, 5.74) is 1.64. The number of aryl methyl sites for hydroxylation is 2. The third-order valence-corrected chi connectivity index (χ3v) is 11.0. The summed E-state index contributed by atoms with van der Waals surface area (Å²) >= 11 is 0. The normalized spacial score (nSPS) is 13.5. The lowest BCUT2D eigenvalue weighted by Gasteiger charge is -2.28. The molecule has 0 saturated heterocycles. The van der Waals surface area contributed by atoms with E-state index < -0.39 is 89.5 Å². The first-order valence-corrected chi connectivity index (χ1v) is 23.7. The first-order chi connectivity index (χ1) is 34.1. The fourth-order valence-corrected chi connectivity index (χ4v) is 7.52. The number of methoxy groups -OCH3 is 1. The molecule has 2 aromatic heterocycles. The molecule has 5 N–H and O–H groups in total. The standard InChI is InChI=1S/C53H67N9O10/c1-52(2,3)71-45(63)29-43(58-48(66)42(28-39-30-54-33-61(39)7)60-51(69)72-53(4,5)6)49(67)57-41(27-38-32-62(34-55-38)31-37-22-16-11-17-23-37)47(65)56-40(25-24-35-18-12-9-13-19-35)46(64)59-44(50(68)70-8)26-36-20-14-10-15-21-36/h9-23,30,32-34,40-44H,24-29,31H2,1-8H3,(H,56,65)(H,57,67)(H,58,66)(H,59,64)(H,60,69)/t40-,41-,42-,43-,44-/m0/s1. The number of ether oxygens (including phenoxy) is 3. The molecule has 0 unspecified atom stereocenters. The molecule has 3 aromatic carbocycles. The van der Waals surface area contributed by atoms with Crippen LogP contribution >= 0.6 is 0 Å². The number of hydrogen-bond donors (Lipinski definition) is 5. The molecular weight excluding hydrogens is 923 g/mol. The molecule has 19 heteroatoms. The smallest absolute Gasteiger partial charge is 0.408 e. The minimum atomic E-state index is -1.66. The molecule has 0 aliphatic carbocycles. The minimum Gasteiger partial charge on any atom is -0.467 e. The molecule has 0 spiro atoms. The van der Waals surface area contributed by atoms with Gasteiger partial charge in [0.15, 0.2) is 0 Å². The van der Waals surface area contributed by atoms with Crippen molar-refractivity contribution in [1.82, 2.24) is 45.7 Å².